The van der Waals surface area contributed by atoms with Gasteiger partial charge in [0.25, 0.3) is 5.91 Å². The number of carbonyl (C=O) groups is 1. The van der Waals surface area contributed by atoms with Crippen molar-refractivity contribution in [1.82, 2.24) is 14.9 Å². The Morgan fingerprint density at radius 1 is 1.10 bits per heavy atom. The summed E-state index contributed by atoms with van der Waals surface area (Å²) in [5, 5.41) is 2.94. The first-order chi connectivity index (χ1) is 13.5. The molecule has 8 heteroatoms. The fourth-order valence-electron chi connectivity index (χ4n) is 3.04. The number of amides is 1. The molecule has 6 nitrogen and oxygen atoms in total. The van der Waals surface area contributed by atoms with Gasteiger partial charge in [0.05, 0.1) is 5.02 Å². The van der Waals surface area contributed by atoms with Crippen LogP contribution in [0.5, 0.6) is 0 Å². The number of nitrogens with zero attached hydrogens (tertiary/aromatic N) is 1. The Kier molecular flexibility index (Phi) is 7.82. The number of halogens is 1. The number of nitrogens with one attached hydrogen (secondary N) is 2. The van der Waals surface area contributed by atoms with E-state index in [4.69, 9.17) is 11.6 Å². The lowest BCUT2D eigenvalue weighted by atomic mass is 9.93. The maximum absolute atomic E-state index is 12.7. The van der Waals surface area contributed by atoms with Crippen molar-refractivity contribution in [2.75, 3.05) is 27.2 Å². The van der Waals surface area contributed by atoms with Crippen LogP contribution in [0.1, 0.15) is 29.8 Å². The first-order valence-corrected chi connectivity index (χ1v) is 11.1. The number of carbonyl (C=O) groups excluding carboxylic acids is 1. The monoisotopic (exact) mass is 437 g/mol. The minimum absolute atomic E-state index is 0.0649. The molecule has 0 bridgehead atoms. The van der Waals surface area contributed by atoms with E-state index in [-0.39, 0.29) is 33.3 Å². The number of hydrogen-bond acceptors (Lipinski definition) is 4. The average Bonchev–Trinajstić information content (AvgIpc) is 2.65. The van der Waals surface area contributed by atoms with E-state index in [0.717, 1.165) is 12.1 Å². The lowest BCUT2D eigenvalue weighted by molar-refractivity contribution is 0.0929. The van der Waals surface area contributed by atoms with Crippen LogP contribution in [0, 0.1) is 5.41 Å². The Morgan fingerprint density at radius 3 is 2.38 bits per heavy atom. The molecular weight excluding hydrogens is 410 g/mol. The molecule has 2 rings (SSSR count). The number of hydrogen-bond donors (Lipinski definition) is 2. The van der Waals surface area contributed by atoms with Gasteiger partial charge in [-0.2, -0.15) is 0 Å². The van der Waals surface area contributed by atoms with Crippen LogP contribution in [0.2, 0.25) is 5.02 Å². The summed E-state index contributed by atoms with van der Waals surface area (Å²) in [6.07, 6.45) is 0. The standard InChI is InChI=1S/C21H28ClN3O3S/c1-21(2,15-25(3)4)14-23-20(26)17-10-11-18(22)19(12-17)29(27,28)24-13-16-8-6-5-7-9-16/h5-12,24H,13-15H2,1-4H3,(H,23,26). The summed E-state index contributed by atoms with van der Waals surface area (Å²) in [6, 6.07) is 13.4. The van der Waals surface area contributed by atoms with Gasteiger partial charge in [-0.05, 0) is 43.3 Å². The first kappa shape index (κ1) is 23.3. The molecule has 2 N–H and O–H groups in total. The molecule has 1 amide bonds. The highest BCUT2D eigenvalue weighted by molar-refractivity contribution is 7.89. The topological polar surface area (TPSA) is 78.5 Å². The molecule has 0 spiro atoms. The van der Waals surface area contributed by atoms with E-state index in [2.05, 4.69) is 28.8 Å². The van der Waals surface area contributed by atoms with E-state index < -0.39 is 10.0 Å². The molecule has 158 valence electrons. The largest absolute Gasteiger partial charge is 0.351 e. The predicted octanol–water partition coefficient (Wildman–Crippen LogP) is 3.14. The normalized spacial score (nSPS) is 12.2. The minimum Gasteiger partial charge on any atom is -0.351 e. The van der Waals surface area contributed by atoms with Gasteiger partial charge < -0.3 is 10.2 Å². The fraction of sp³-hybridized carbons (Fsp3) is 0.381. The van der Waals surface area contributed by atoms with Crippen LogP contribution in [-0.4, -0.2) is 46.4 Å². The molecule has 0 aromatic heterocycles. The highest BCUT2D eigenvalue weighted by Gasteiger charge is 2.22. The van der Waals surface area contributed by atoms with Crippen LogP contribution in [-0.2, 0) is 16.6 Å². The lowest BCUT2D eigenvalue weighted by Gasteiger charge is -2.28. The number of benzene rings is 2. The predicted molar refractivity (Wildman–Crippen MR) is 117 cm³/mol. The summed E-state index contributed by atoms with van der Waals surface area (Å²) in [7, 11) is 0.0761. The van der Waals surface area contributed by atoms with E-state index in [1.807, 2.05) is 44.4 Å². The fourth-order valence-corrected chi connectivity index (χ4v) is 4.58. The molecule has 0 radical (unpaired) electrons. The number of rotatable bonds is 9. The van der Waals surface area contributed by atoms with E-state index in [1.165, 1.54) is 18.2 Å². The number of sulfonamides is 1. The molecular formula is C21H28ClN3O3S. The summed E-state index contributed by atoms with van der Waals surface area (Å²) in [5.41, 5.74) is 0.942. The van der Waals surface area contributed by atoms with Crippen molar-refractivity contribution in [3.8, 4) is 0 Å². The Hall–Kier alpha value is -1.93. The molecule has 0 saturated carbocycles. The van der Waals surface area contributed by atoms with Crippen molar-refractivity contribution in [1.29, 1.82) is 0 Å². The van der Waals surface area contributed by atoms with Crippen molar-refractivity contribution >= 4 is 27.5 Å². The molecule has 0 atom stereocenters. The molecule has 29 heavy (non-hydrogen) atoms. The van der Waals surface area contributed by atoms with Gasteiger partial charge >= 0.3 is 0 Å². The summed E-state index contributed by atoms with van der Waals surface area (Å²) in [4.78, 5) is 14.5. The first-order valence-electron chi connectivity index (χ1n) is 9.26. The van der Waals surface area contributed by atoms with Crippen LogP contribution in [0.25, 0.3) is 0 Å². The zero-order valence-electron chi connectivity index (χ0n) is 17.2. The van der Waals surface area contributed by atoms with Gasteiger partial charge in [0.2, 0.25) is 10.0 Å². The highest BCUT2D eigenvalue weighted by atomic mass is 35.5. The summed E-state index contributed by atoms with van der Waals surface area (Å²) in [6.45, 7) is 5.50. The van der Waals surface area contributed by atoms with E-state index in [9.17, 15) is 13.2 Å². The maximum atomic E-state index is 12.7. The van der Waals surface area contributed by atoms with Gasteiger partial charge in [0.15, 0.2) is 0 Å². The molecule has 0 heterocycles. The molecule has 0 aliphatic heterocycles. The Labute approximate surface area is 178 Å². The van der Waals surface area contributed by atoms with E-state index >= 15 is 0 Å². The van der Waals surface area contributed by atoms with Crippen LogP contribution in [0.4, 0.5) is 0 Å². The van der Waals surface area contributed by atoms with Gasteiger partial charge in [0, 0.05) is 25.2 Å². The van der Waals surface area contributed by atoms with Crippen molar-refractivity contribution < 1.29 is 13.2 Å². The molecule has 0 unspecified atom stereocenters. The zero-order chi connectivity index (χ0) is 21.7. The third kappa shape index (κ3) is 7.12. The van der Waals surface area contributed by atoms with Crippen molar-refractivity contribution in [3.05, 3.63) is 64.7 Å². The van der Waals surface area contributed by atoms with E-state index in [0.29, 0.717) is 6.54 Å². The summed E-state index contributed by atoms with van der Waals surface area (Å²) < 4.78 is 27.9. The third-order valence-corrected chi connectivity index (χ3v) is 6.15. The van der Waals surface area contributed by atoms with Gasteiger partial charge in [-0.15, -0.1) is 0 Å². The lowest BCUT2D eigenvalue weighted by Crippen LogP contribution is -2.40. The van der Waals surface area contributed by atoms with Gasteiger partial charge in [-0.3, -0.25) is 4.79 Å². The van der Waals surface area contributed by atoms with Crippen LogP contribution in [0.3, 0.4) is 0 Å². The molecule has 0 aliphatic rings. The maximum Gasteiger partial charge on any atom is 0.251 e. The minimum atomic E-state index is -3.87. The quantitative estimate of drug-likeness (QED) is 0.631. The van der Waals surface area contributed by atoms with Crippen molar-refractivity contribution in [2.45, 2.75) is 25.3 Å². The second kappa shape index (κ2) is 9.71. The Bertz CT molecular complexity index is 945. The second-order valence-electron chi connectivity index (χ2n) is 8.04. The third-order valence-electron chi connectivity index (χ3n) is 4.26. The molecule has 2 aromatic carbocycles. The van der Waals surface area contributed by atoms with Crippen LogP contribution < -0.4 is 10.0 Å². The highest BCUT2D eigenvalue weighted by Crippen LogP contribution is 2.23. The molecule has 2 aromatic rings. The zero-order valence-corrected chi connectivity index (χ0v) is 18.8. The van der Waals surface area contributed by atoms with Gasteiger partial charge in [-0.25, -0.2) is 13.1 Å². The van der Waals surface area contributed by atoms with Crippen molar-refractivity contribution in [3.63, 3.8) is 0 Å². The van der Waals surface area contributed by atoms with Crippen LogP contribution in [0.15, 0.2) is 53.4 Å². The van der Waals surface area contributed by atoms with Crippen LogP contribution >= 0.6 is 11.6 Å². The van der Waals surface area contributed by atoms with E-state index in [1.54, 1.807) is 0 Å². The molecule has 0 saturated heterocycles. The SMILES string of the molecule is CN(C)CC(C)(C)CNC(=O)c1ccc(Cl)c(S(=O)(=O)NCc2ccccc2)c1. The molecule has 0 aliphatic carbocycles. The average molecular weight is 438 g/mol. The second-order valence-corrected chi connectivity index (χ2v) is 10.2. The van der Waals surface area contributed by atoms with Crippen molar-refractivity contribution in [2.24, 2.45) is 5.41 Å². The summed E-state index contributed by atoms with van der Waals surface area (Å²) >= 11 is 6.12. The molecule has 0 fully saturated rings. The van der Waals surface area contributed by atoms with Gasteiger partial charge in [-0.1, -0.05) is 55.8 Å². The Morgan fingerprint density at radius 2 is 1.76 bits per heavy atom. The summed E-state index contributed by atoms with van der Waals surface area (Å²) in [5.74, 6) is -0.340. The Balaban J connectivity index is 2.13. The smallest absolute Gasteiger partial charge is 0.251 e. The van der Waals surface area contributed by atoms with Gasteiger partial charge in [0.1, 0.15) is 4.90 Å².